The van der Waals surface area contributed by atoms with Gasteiger partial charge in [-0.25, -0.2) is 9.18 Å². The average molecular weight is 363 g/mol. The van der Waals surface area contributed by atoms with Crippen LogP contribution in [-0.4, -0.2) is 30.5 Å². The fourth-order valence-corrected chi connectivity index (χ4v) is 2.01. The molecule has 0 aliphatic carbocycles. The van der Waals surface area contributed by atoms with Crippen molar-refractivity contribution < 1.29 is 28.4 Å². The van der Waals surface area contributed by atoms with Gasteiger partial charge >= 0.3 is 5.97 Å². The van der Waals surface area contributed by atoms with Gasteiger partial charge in [-0.15, -0.1) is 0 Å². The fraction of sp³-hybridized carbons (Fsp3) is 0.125. The second kappa shape index (κ2) is 7.92. The number of halogens is 1. The summed E-state index contributed by atoms with van der Waals surface area (Å²) in [4.78, 5) is 33.9. The van der Waals surface area contributed by atoms with Gasteiger partial charge in [0.25, 0.3) is 11.6 Å². The van der Waals surface area contributed by atoms with Crippen LogP contribution >= 0.6 is 0 Å². The molecule has 0 spiro atoms. The Morgan fingerprint density at radius 2 is 2.00 bits per heavy atom. The van der Waals surface area contributed by atoms with Crippen molar-refractivity contribution in [3.8, 4) is 5.75 Å². The zero-order valence-electron chi connectivity index (χ0n) is 13.5. The van der Waals surface area contributed by atoms with Gasteiger partial charge < -0.3 is 20.5 Å². The number of hydrogen-bond donors (Lipinski definition) is 2. The minimum atomic E-state index is -0.895. The van der Waals surface area contributed by atoms with Crippen molar-refractivity contribution in [2.24, 2.45) is 0 Å². The van der Waals surface area contributed by atoms with E-state index in [-0.39, 0.29) is 28.4 Å². The third kappa shape index (κ3) is 4.44. The van der Waals surface area contributed by atoms with Crippen molar-refractivity contribution >= 4 is 28.9 Å². The molecule has 2 aromatic rings. The van der Waals surface area contributed by atoms with E-state index in [0.29, 0.717) is 0 Å². The van der Waals surface area contributed by atoms with Crippen LogP contribution in [0.5, 0.6) is 5.75 Å². The lowest BCUT2D eigenvalue weighted by Crippen LogP contribution is -2.21. The number of rotatable bonds is 6. The number of carbonyl (C=O) groups excluding carboxylic acids is 2. The molecule has 0 aromatic heterocycles. The molecule has 0 aliphatic rings. The second-order valence-corrected chi connectivity index (χ2v) is 5.00. The van der Waals surface area contributed by atoms with Crippen LogP contribution in [0.3, 0.4) is 0 Å². The molecule has 1 amide bonds. The molecule has 3 N–H and O–H groups in total. The molecular formula is C16H14FN3O6. The van der Waals surface area contributed by atoms with Crippen LogP contribution in [0.15, 0.2) is 36.4 Å². The van der Waals surface area contributed by atoms with E-state index in [9.17, 15) is 24.1 Å². The van der Waals surface area contributed by atoms with E-state index < -0.39 is 29.2 Å². The topological polar surface area (TPSA) is 134 Å². The SMILES string of the molecule is COc1cc([N+](=O)[O-])ccc1NC(=O)COC(=O)c1ccc(F)cc1N. The van der Waals surface area contributed by atoms with Crippen molar-refractivity contribution in [3.05, 3.63) is 57.9 Å². The maximum atomic E-state index is 13.0. The third-order valence-corrected chi connectivity index (χ3v) is 3.24. The van der Waals surface area contributed by atoms with Gasteiger partial charge in [0, 0.05) is 11.8 Å². The Balaban J connectivity index is 2.00. The molecule has 0 saturated heterocycles. The Bertz CT molecular complexity index is 871. The van der Waals surface area contributed by atoms with Crippen LogP contribution in [0.2, 0.25) is 0 Å². The predicted octanol–water partition coefficient (Wildman–Crippen LogP) is 2.12. The highest BCUT2D eigenvalue weighted by Crippen LogP contribution is 2.28. The summed E-state index contributed by atoms with van der Waals surface area (Å²) in [6.07, 6.45) is 0. The van der Waals surface area contributed by atoms with Crippen LogP contribution < -0.4 is 15.8 Å². The number of nitro groups is 1. The van der Waals surface area contributed by atoms with Crippen molar-refractivity contribution in [2.45, 2.75) is 0 Å². The molecule has 0 fully saturated rings. The highest BCUT2D eigenvalue weighted by molar-refractivity contribution is 5.98. The first-order chi connectivity index (χ1) is 12.3. The first-order valence-electron chi connectivity index (χ1n) is 7.16. The van der Waals surface area contributed by atoms with Gasteiger partial charge in [0.2, 0.25) is 0 Å². The summed E-state index contributed by atoms with van der Waals surface area (Å²) in [6, 6.07) is 6.75. The van der Waals surface area contributed by atoms with Crippen LogP contribution in [0, 0.1) is 15.9 Å². The molecule has 2 rings (SSSR count). The van der Waals surface area contributed by atoms with E-state index in [1.165, 1.54) is 19.2 Å². The molecule has 0 heterocycles. The highest BCUT2D eigenvalue weighted by Gasteiger charge is 2.16. The van der Waals surface area contributed by atoms with E-state index in [4.69, 9.17) is 15.2 Å². The molecule has 0 atom stereocenters. The van der Waals surface area contributed by atoms with Gasteiger partial charge in [-0.3, -0.25) is 14.9 Å². The summed E-state index contributed by atoms with van der Waals surface area (Å²) < 4.78 is 22.8. The minimum absolute atomic E-state index is 0.0710. The number of non-ortho nitro benzene ring substituents is 1. The zero-order chi connectivity index (χ0) is 19.3. The molecule has 10 heteroatoms. The largest absolute Gasteiger partial charge is 0.494 e. The number of esters is 1. The number of benzene rings is 2. The lowest BCUT2D eigenvalue weighted by molar-refractivity contribution is -0.384. The number of nitrogens with two attached hydrogens (primary N) is 1. The molecule has 9 nitrogen and oxygen atoms in total. The van der Waals surface area contributed by atoms with Crippen LogP contribution in [-0.2, 0) is 9.53 Å². The van der Waals surface area contributed by atoms with Gasteiger partial charge in [0.15, 0.2) is 6.61 Å². The number of methoxy groups -OCH3 is 1. The van der Waals surface area contributed by atoms with Crippen molar-refractivity contribution in [1.82, 2.24) is 0 Å². The summed E-state index contributed by atoms with van der Waals surface area (Å²) in [5.41, 5.74) is 5.28. The maximum Gasteiger partial charge on any atom is 0.340 e. The summed E-state index contributed by atoms with van der Waals surface area (Å²) >= 11 is 0. The Kier molecular flexibility index (Phi) is 5.68. The number of hydrogen-bond acceptors (Lipinski definition) is 7. The molecule has 0 saturated carbocycles. The van der Waals surface area contributed by atoms with Crippen molar-refractivity contribution in [3.63, 3.8) is 0 Å². The summed E-state index contributed by atoms with van der Waals surface area (Å²) in [5, 5.41) is 13.1. The Hall–Kier alpha value is -3.69. The van der Waals surface area contributed by atoms with Gasteiger partial charge in [0.1, 0.15) is 11.6 Å². The lowest BCUT2D eigenvalue weighted by atomic mass is 10.2. The molecular weight excluding hydrogens is 349 g/mol. The molecule has 0 aliphatic heterocycles. The highest BCUT2D eigenvalue weighted by atomic mass is 19.1. The first kappa shape index (κ1) is 18.6. The summed E-state index contributed by atoms with van der Waals surface area (Å²) in [7, 11) is 1.28. The molecule has 2 aromatic carbocycles. The molecule has 136 valence electrons. The normalized spacial score (nSPS) is 10.1. The van der Waals surface area contributed by atoms with Gasteiger partial charge in [0.05, 0.1) is 29.4 Å². The third-order valence-electron chi connectivity index (χ3n) is 3.24. The average Bonchev–Trinajstić information content (AvgIpc) is 2.59. The number of nitrogen functional groups attached to an aromatic ring is 1. The molecule has 0 radical (unpaired) electrons. The zero-order valence-corrected chi connectivity index (χ0v) is 13.5. The van der Waals surface area contributed by atoms with Gasteiger partial charge in [-0.05, 0) is 24.3 Å². The van der Waals surface area contributed by atoms with Crippen LogP contribution in [0.4, 0.5) is 21.5 Å². The number of nitro benzene ring substituents is 1. The number of nitrogens with zero attached hydrogens (tertiary/aromatic N) is 1. The second-order valence-electron chi connectivity index (χ2n) is 5.00. The number of nitrogens with one attached hydrogen (secondary N) is 1. The fourth-order valence-electron chi connectivity index (χ4n) is 2.01. The molecule has 0 bridgehead atoms. The Morgan fingerprint density at radius 3 is 2.62 bits per heavy atom. The number of carbonyl (C=O) groups is 2. The van der Waals surface area contributed by atoms with E-state index >= 15 is 0 Å². The van der Waals surface area contributed by atoms with Crippen molar-refractivity contribution in [1.29, 1.82) is 0 Å². The Labute approximate surface area is 146 Å². The van der Waals surface area contributed by atoms with E-state index in [1.807, 2.05) is 0 Å². The molecule has 0 unspecified atom stereocenters. The van der Waals surface area contributed by atoms with E-state index in [0.717, 1.165) is 24.3 Å². The summed E-state index contributed by atoms with van der Waals surface area (Å²) in [6.45, 7) is -0.643. The maximum absolute atomic E-state index is 13.0. The number of anilines is 2. The number of ether oxygens (including phenoxy) is 2. The lowest BCUT2D eigenvalue weighted by Gasteiger charge is -2.10. The van der Waals surface area contributed by atoms with E-state index in [2.05, 4.69) is 5.32 Å². The van der Waals surface area contributed by atoms with Crippen molar-refractivity contribution in [2.75, 3.05) is 24.8 Å². The standard InChI is InChI=1S/C16H14FN3O6/c1-25-14-7-10(20(23)24)3-5-13(14)19-15(21)8-26-16(22)11-4-2-9(17)6-12(11)18/h2-7H,8,18H2,1H3,(H,19,21). The van der Waals surface area contributed by atoms with Crippen LogP contribution in [0.1, 0.15) is 10.4 Å². The first-order valence-corrected chi connectivity index (χ1v) is 7.16. The predicted molar refractivity (Wildman–Crippen MR) is 89.4 cm³/mol. The van der Waals surface area contributed by atoms with Gasteiger partial charge in [-0.1, -0.05) is 0 Å². The Morgan fingerprint density at radius 1 is 1.27 bits per heavy atom. The van der Waals surface area contributed by atoms with Gasteiger partial charge in [-0.2, -0.15) is 0 Å². The molecule has 26 heavy (non-hydrogen) atoms. The smallest absolute Gasteiger partial charge is 0.340 e. The number of amides is 1. The minimum Gasteiger partial charge on any atom is -0.494 e. The van der Waals surface area contributed by atoms with Crippen LogP contribution in [0.25, 0.3) is 0 Å². The quantitative estimate of drug-likeness (QED) is 0.347. The monoisotopic (exact) mass is 363 g/mol. The van der Waals surface area contributed by atoms with E-state index in [1.54, 1.807) is 0 Å². The summed E-state index contributed by atoms with van der Waals surface area (Å²) in [5.74, 6) is -2.14.